The van der Waals surface area contributed by atoms with Gasteiger partial charge in [0.25, 0.3) is 0 Å². The van der Waals surface area contributed by atoms with Crippen molar-refractivity contribution in [2.75, 3.05) is 7.11 Å². The van der Waals surface area contributed by atoms with E-state index in [1.54, 1.807) is 24.5 Å². The number of benzene rings is 1. The van der Waals surface area contributed by atoms with Crippen molar-refractivity contribution in [1.29, 1.82) is 0 Å². The maximum Gasteiger partial charge on any atom is 0.316 e. The Morgan fingerprint density at radius 1 is 1.06 bits per heavy atom. The van der Waals surface area contributed by atoms with E-state index in [0.717, 1.165) is 11.1 Å². The van der Waals surface area contributed by atoms with Crippen LogP contribution in [0.2, 0.25) is 10.0 Å². The van der Waals surface area contributed by atoms with E-state index in [1.807, 2.05) is 0 Å². The lowest BCUT2D eigenvalue weighted by molar-refractivity contribution is 0.380. The van der Waals surface area contributed by atoms with Crippen molar-refractivity contribution >= 4 is 23.2 Å². The van der Waals surface area contributed by atoms with Gasteiger partial charge in [0.2, 0.25) is 0 Å². The lowest BCUT2D eigenvalue weighted by Crippen LogP contribution is -1.91. The normalized spacial score (nSPS) is 10.2. The van der Waals surface area contributed by atoms with Gasteiger partial charge in [0.05, 0.1) is 17.2 Å². The van der Waals surface area contributed by atoms with Crippen molar-refractivity contribution in [3.63, 3.8) is 0 Å². The summed E-state index contributed by atoms with van der Waals surface area (Å²) in [5.74, 6) is 0. The van der Waals surface area contributed by atoms with E-state index in [-0.39, 0.29) is 0 Å². The molecule has 0 spiro atoms. The number of aromatic nitrogens is 2. The van der Waals surface area contributed by atoms with Crippen LogP contribution in [0.1, 0.15) is 0 Å². The number of halogens is 2. The predicted molar refractivity (Wildman–Crippen MR) is 62.9 cm³/mol. The van der Waals surface area contributed by atoms with Gasteiger partial charge in [0.15, 0.2) is 0 Å². The van der Waals surface area contributed by atoms with E-state index >= 15 is 0 Å². The highest BCUT2D eigenvalue weighted by Gasteiger charge is 2.03. The topological polar surface area (TPSA) is 35.0 Å². The van der Waals surface area contributed by atoms with Gasteiger partial charge in [0.1, 0.15) is 0 Å². The molecule has 0 atom stereocenters. The van der Waals surface area contributed by atoms with Crippen molar-refractivity contribution in [1.82, 2.24) is 9.97 Å². The van der Waals surface area contributed by atoms with Gasteiger partial charge in [0, 0.05) is 24.0 Å². The van der Waals surface area contributed by atoms with Crippen molar-refractivity contribution in [2.45, 2.75) is 0 Å². The van der Waals surface area contributed by atoms with Crippen LogP contribution in [0.15, 0.2) is 24.5 Å². The van der Waals surface area contributed by atoms with Gasteiger partial charge in [-0.05, 0) is 17.7 Å². The molecule has 2 rings (SSSR count). The molecule has 0 saturated carbocycles. The lowest BCUT2D eigenvalue weighted by Gasteiger charge is -2.03. The largest absolute Gasteiger partial charge is 0.467 e. The van der Waals surface area contributed by atoms with Gasteiger partial charge in [-0.2, -0.15) is 0 Å². The summed E-state index contributed by atoms with van der Waals surface area (Å²) < 4.78 is 4.87. The summed E-state index contributed by atoms with van der Waals surface area (Å²) in [5.41, 5.74) is 1.66. The highest BCUT2D eigenvalue weighted by Crippen LogP contribution is 2.26. The highest BCUT2D eigenvalue weighted by molar-refractivity contribution is 6.34. The minimum Gasteiger partial charge on any atom is -0.467 e. The maximum absolute atomic E-state index is 5.85. The first-order valence-corrected chi connectivity index (χ1v) is 5.19. The third-order valence-electron chi connectivity index (χ3n) is 1.95. The molecule has 0 aliphatic carbocycles. The maximum atomic E-state index is 5.85. The molecule has 5 heteroatoms. The van der Waals surface area contributed by atoms with Crippen LogP contribution >= 0.6 is 23.2 Å². The van der Waals surface area contributed by atoms with Gasteiger partial charge < -0.3 is 4.74 Å². The number of hydrogen-bond acceptors (Lipinski definition) is 3. The second kappa shape index (κ2) is 4.68. The fourth-order valence-electron chi connectivity index (χ4n) is 1.24. The molecule has 1 aromatic heterocycles. The second-order valence-corrected chi connectivity index (χ2v) is 3.84. The Hall–Kier alpha value is -1.32. The molecule has 3 nitrogen and oxygen atoms in total. The Kier molecular flexibility index (Phi) is 3.27. The lowest BCUT2D eigenvalue weighted by atomic mass is 10.1. The first-order valence-electron chi connectivity index (χ1n) is 4.44. The van der Waals surface area contributed by atoms with Crippen LogP contribution in [0.4, 0.5) is 0 Å². The molecular formula is C11H7Cl2N2O. The molecular weight excluding hydrogens is 247 g/mol. The Morgan fingerprint density at radius 3 is 2.12 bits per heavy atom. The summed E-state index contributed by atoms with van der Waals surface area (Å²) in [5, 5.41) is 0.914. The first-order chi connectivity index (χ1) is 7.69. The fourth-order valence-corrected chi connectivity index (χ4v) is 1.73. The summed E-state index contributed by atoms with van der Waals surface area (Å²) in [4.78, 5) is 8.01. The molecule has 0 unspecified atom stereocenters. The smallest absolute Gasteiger partial charge is 0.316 e. The van der Waals surface area contributed by atoms with Crippen LogP contribution in [0.5, 0.6) is 6.01 Å². The Labute approximate surface area is 103 Å². The summed E-state index contributed by atoms with van der Waals surface area (Å²) >= 11 is 11.7. The molecule has 0 aliphatic heterocycles. The second-order valence-electron chi connectivity index (χ2n) is 3.02. The standard InChI is InChI=1S/C11H7Cl2N2O/c1-16-11-14-5-8(6-15-11)7-2-9(12)4-10(13)3-7/h2-3,5-6H,1H3. The quantitative estimate of drug-likeness (QED) is 0.824. The van der Waals surface area contributed by atoms with Gasteiger partial charge in [-0.3, -0.25) is 0 Å². The Bertz CT molecular complexity index is 480. The van der Waals surface area contributed by atoms with Crippen LogP contribution < -0.4 is 4.74 Å². The number of rotatable bonds is 2. The molecule has 0 amide bonds. The molecule has 0 bridgehead atoms. The summed E-state index contributed by atoms with van der Waals surface area (Å²) in [6.45, 7) is 0. The van der Waals surface area contributed by atoms with Gasteiger partial charge in [-0.1, -0.05) is 23.2 Å². The summed E-state index contributed by atoms with van der Waals surface area (Å²) in [7, 11) is 1.51. The van der Waals surface area contributed by atoms with E-state index in [1.165, 1.54) is 7.11 Å². The molecule has 1 radical (unpaired) electrons. The minimum atomic E-state index is 0.323. The molecule has 81 valence electrons. The molecule has 0 N–H and O–H groups in total. The van der Waals surface area contributed by atoms with Gasteiger partial charge in [-0.15, -0.1) is 0 Å². The Morgan fingerprint density at radius 2 is 1.62 bits per heavy atom. The number of hydrogen-bond donors (Lipinski definition) is 0. The molecule has 0 fully saturated rings. The van der Waals surface area contributed by atoms with E-state index in [9.17, 15) is 0 Å². The summed E-state index contributed by atoms with van der Waals surface area (Å²) in [6, 6.07) is 6.59. The molecule has 1 aromatic carbocycles. The third kappa shape index (κ3) is 2.43. The van der Waals surface area contributed by atoms with Crippen LogP contribution in [-0.4, -0.2) is 17.1 Å². The van der Waals surface area contributed by atoms with E-state index < -0.39 is 0 Å². The van der Waals surface area contributed by atoms with Gasteiger partial charge in [-0.25, -0.2) is 9.97 Å². The first kappa shape index (κ1) is 11.2. The van der Waals surface area contributed by atoms with Crippen LogP contribution in [0.3, 0.4) is 0 Å². The zero-order chi connectivity index (χ0) is 11.5. The predicted octanol–water partition coefficient (Wildman–Crippen LogP) is 3.26. The average molecular weight is 254 g/mol. The van der Waals surface area contributed by atoms with Crippen LogP contribution in [-0.2, 0) is 0 Å². The van der Waals surface area contributed by atoms with Crippen molar-refractivity contribution in [3.05, 3.63) is 40.6 Å². The van der Waals surface area contributed by atoms with E-state index in [4.69, 9.17) is 27.9 Å². The number of nitrogens with zero attached hydrogens (tertiary/aromatic N) is 2. The van der Waals surface area contributed by atoms with Crippen molar-refractivity contribution in [3.8, 4) is 17.1 Å². The highest BCUT2D eigenvalue weighted by atomic mass is 35.5. The Balaban J connectivity index is 2.42. The van der Waals surface area contributed by atoms with Crippen LogP contribution in [0, 0.1) is 6.07 Å². The zero-order valence-electron chi connectivity index (χ0n) is 8.37. The van der Waals surface area contributed by atoms with Gasteiger partial charge >= 0.3 is 6.01 Å². The van der Waals surface area contributed by atoms with E-state index in [2.05, 4.69) is 16.0 Å². The summed E-state index contributed by atoms with van der Waals surface area (Å²) in [6.07, 6.45) is 3.29. The molecule has 16 heavy (non-hydrogen) atoms. The monoisotopic (exact) mass is 253 g/mol. The zero-order valence-corrected chi connectivity index (χ0v) is 9.88. The average Bonchev–Trinajstić information content (AvgIpc) is 2.28. The minimum absolute atomic E-state index is 0.323. The number of methoxy groups -OCH3 is 1. The van der Waals surface area contributed by atoms with E-state index in [0.29, 0.717) is 16.1 Å². The molecule has 1 heterocycles. The molecule has 2 aromatic rings. The van der Waals surface area contributed by atoms with Crippen molar-refractivity contribution < 1.29 is 4.74 Å². The molecule has 0 aliphatic rings. The third-order valence-corrected chi connectivity index (χ3v) is 2.35. The molecule has 0 saturated heterocycles. The van der Waals surface area contributed by atoms with Crippen LogP contribution in [0.25, 0.3) is 11.1 Å². The van der Waals surface area contributed by atoms with Crippen molar-refractivity contribution in [2.24, 2.45) is 0 Å². The SMILES string of the molecule is COc1ncc(-c2cc(Cl)[c]c(Cl)c2)cn1. The fraction of sp³-hybridized carbons (Fsp3) is 0.0909. The number of ether oxygens (including phenoxy) is 1.